The molecular weight excluding hydrogens is 1600 g/mol. The number of nitrogens with one attached hydrogen (secondary N) is 5. The van der Waals surface area contributed by atoms with E-state index < -0.39 is 201 Å². The number of thioether (sulfide) groups is 1. The molecule has 2 heterocycles. The number of anilines is 3. The first-order valence-electron chi connectivity index (χ1n) is 37.8. The number of aromatic carboxylic acids is 1. The van der Waals surface area contributed by atoms with Crippen molar-refractivity contribution in [2.75, 3.05) is 80.7 Å². The van der Waals surface area contributed by atoms with Crippen LogP contribution in [0.2, 0.25) is 0 Å². The van der Waals surface area contributed by atoms with E-state index in [2.05, 4.69) is 33.2 Å². The monoisotopic (exact) mass is 1690 g/mol. The van der Waals surface area contributed by atoms with E-state index in [4.69, 9.17) is 32.2 Å². The minimum absolute atomic E-state index is 0.0285. The van der Waals surface area contributed by atoms with Gasteiger partial charge in [-0.05, 0) is 161 Å². The number of hydrogen-bond donors (Lipinski definition) is 14. The Hall–Kier alpha value is -11.0. The van der Waals surface area contributed by atoms with E-state index in [0.29, 0.717) is 57.7 Å². The predicted octanol–water partition coefficient (Wildman–Crippen LogP) is 1.23. The third kappa shape index (κ3) is 28.1. The van der Waals surface area contributed by atoms with Gasteiger partial charge in [-0.15, -0.1) is 11.8 Å². The fourth-order valence-corrected chi connectivity index (χ4v) is 15.5. The molecule has 5 aromatic carbocycles. The van der Waals surface area contributed by atoms with Crippen LogP contribution in [0.1, 0.15) is 123 Å². The standard InChI is InChI=1S/C79H99N13O23S3/c1-45-13-24-57-65(32-45)115-66-33-46(2)14-25-58(66)73(57)56-26-19-52(37-59(56)78(107)108)92-70(98)40-67(77(92)106)116-44-62(79(109)110)89-76(105)49(12-6-9-29-82)36-64(95)61(39-72(101)102)88-75(104)48(11-5-8-28-81)35-63(94)60(38-71(99)100)87-74(103)47(10-4-7-27-80)34-53(93)41-91(43-69(97)86-51-17-22-55(23-18-51)118(84,113)114)31-30-90(3)42-68(96)85-50-15-20-54(21-16-50)117(83,111)112/h13-26,32-33,37,47-49,60-62,67H,1,4-12,27-31,34-36,38-44,80-82H2,2-3H3,(H,85,96)(H,86,97)(H,87,103)(H,88,104)(H,89,105)(H,99,100)(H,101,102)(H,107,108)(H,109,110)(H2,83,111,112)(H2,84,113,114)/t47-,48-,49-,60+,61+,62+,67?/m1/s1. The van der Waals surface area contributed by atoms with Gasteiger partial charge < -0.3 is 68.9 Å². The topological polar surface area (TPSA) is 597 Å². The largest absolute Gasteiger partial charge is 0.481 e. The number of nitrogens with two attached hydrogens (primary N) is 5. The lowest BCUT2D eigenvalue weighted by atomic mass is 9.89. The summed E-state index contributed by atoms with van der Waals surface area (Å²) in [5.41, 5.74) is 19.6. The van der Waals surface area contributed by atoms with E-state index in [0.717, 1.165) is 22.6 Å². The molecule has 19 N–H and O–H groups in total. The first-order chi connectivity index (χ1) is 55.8. The molecule has 7 rings (SSSR count). The summed E-state index contributed by atoms with van der Waals surface area (Å²) in [5, 5.41) is 64.2. The number of ketones is 3. The van der Waals surface area contributed by atoms with Crippen LogP contribution in [0.3, 0.4) is 0 Å². The summed E-state index contributed by atoms with van der Waals surface area (Å²) in [4.78, 5) is 195. The van der Waals surface area contributed by atoms with E-state index >= 15 is 0 Å². The number of amides is 7. The van der Waals surface area contributed by atoms with E-state index in [1.165, 1.54) is 64.4 Å². The summed E-state index contributed by atoms with van der Waals surface area (Å²) in [6.07, 6.45) is -3.56. The van der Waals surface area contributed by atoms with Crippen LogP contribution in [0.4, 0.5) is 17.1 Å². The molecule has 7 amide bonds. The second-order valence-corrected chi connectivity index (χ2v) is 33.2. The van der Waals surface area contributed by atoms with Crippen LogP contribution in [0.25, 0.3) is 12.2 Å². The number of Topliss-reactive ketones (excluding diaryl/α,β-unsaturated/α-hetero) is 3. The van der Waals surface area contributed by atoms with Crippen molar-refractivity contribution in [2.45, 2.75) is 136 Å². The maximum absolute atomic E-state index is 14.5. The Morgan fingerprint density at radius 1 is 0.568 bits per heavy atom. The van der Waals surface area contributed by atoms with Crippen molar-refractivity contribution >= 4 is 144 Å². The lowest BCUT2D eigenvalue weighted by Crippen LogP contribution is -2.49. The molecule has 5 aromatic rings. The Morgan fingerprint density at radius 3 is 1.53 bits per heavy atom. The molecule has 1 saturated heterocycles. The highest BCUT2D eigenvalue weighted by Crippen LogP contribution is 2.40. The number of aryl methyl sites for hydroxylation is 1. The first kappa shape index (κ1) is 94.1. The fourth-order valence-electron chi connectivity index (χ4n) is 13.4. The number of carbonyl (C=O) groups is 14. The average molecular weight is 1690 g/mol. The number of rotatable bonds is 50. The molecule has 0 bridgehead atoms. The van der Waals surface area contributed by atoms with Crippen molar-refractivity contribution in [3.8, 4) is 11.5 Å². The number of sulfonamides is 2. The van der Waals surface area contributed by atoms with Crippen molar-refractivity contribution < 1.29 is 109 Å². The summed E-state index contributed by atoms with van der Waals surface area (Å²) in [6, 6.07) is 19.0. The number of ether oxygens (including phenoxy) is 1. The molecular formula is C79H99N13O23S3. The van der Waals surface area contributed by atoms with Crippen LogP contribution in [0, 0.1) is 24.7 Å². The third-order valence-corrected chi connectivity index (χ3v) is 22.6. The van der Waals surface area contributed by atoms with Gasteiger partial charge in [-0.1, -0.05) is 56.2 Å². The van der Waals surface area contributed by atoms with Gasteiger partial charge in [-0.2, -0.15) is 0 Å². The van der Waals surface area contributed by atoms with Crippen LogP contribution in [-0.2, 0) is 82.4 Å². The van der Waals surface area contributed by atoms with Crippen LogP contribution < -0.4 is 74.1 Å². The molecule has 2 aliphatic heterocycles. The van der Waals surface area contributed by atoms with E-state index in [1.54, 1.807) is 37.4 Å². The highest BCUT2D eigenvalue weighted by atomic mass is 32.2. The van der Waals surface area contributed by atoms with Crippen LogP contribution >= 0.6 is 11.8 Å². The summed E-state index contributed by atoms with van der Waals surface area (Å²) < 4.78 is 53.5. The van der Waals surface area contributed by atoms with E-state index in [1.807, 2.05) is 13.0 Å². The minimum atomic E-state index is -4.10. The molecule has 0 saturated carbocycles. The Morgan fingerprint density at radius 2 is 1.05 bits per heavy atom. The van der Waals surface area contributed by atoms with E-state index in [9.17, 15) is 104 Å². The molecule has 0 aliphatic carbocycles. The van der Waals surface area contributed by atoms with Crippen LogP contribution in [-0.4, -0.2) is 218 Å². The number of benzene rings is 5. The fraction of sp³-hybridized carbons (Fsp3) is 0.418. The summed E-state index contributed by atoms with van der Waals surface area (Å²) >= 11 is 0.713. The highest BCUT2D eigenvalue weighted by Gasteiger charge is 2.43. The molecule has 36 nitrogen and oxygen atoms in total. The Kier molecular flexibility index (Phi) is 35.1. The minimum Gasteiger partial charge on any atom is -0.481 e. The normalized spacial score (nSPS) is 14.8. The SMILES string of the molecule is C=c1ccc2c(c1)Oc1cc(C)ccc1C=2c1ccc(N2C(=O)CC(SC[C@H](NC(=O)[C@H](CCCCN)CC(=O)[C@H](CC(=O)O)NC(=O)[C@H](CCCCN)CC(=O)[C@H](CC(=O)O)NC(=O)[C@H](CCCCN)CC(=O)CN(CCN(C)CC(=O)Nc3ccc(S(N)(=O)=O)cc3)CC(=O)Nc3ccc(S(N)(=O)=O)cc3)C(=O)O)C2=O)cc1C(=O)O. The maximum atomic E-state index is 14.5. The van der Waals surface area contributed by atoms with Crippen molar-refractivity contribution in [1.82, 2.24) is 25.8 Å². The lowest BCUT2D eigenvalue weighted by Gasteiger charge is -2.26. The van der Waals surface area contributed by atoms with E-state index in [-0.39, 0.29) is 122 Å². The number of nitrogens with zero attached hydrogens (tertiary/aromatic N) is 3. The number of carbonyl (C=O) groups excluding carboxylic acids is 10. The molecule has 118 heavy (non-hydrogen) atoms. The number of primary sulfonamides is 2. The van der Waals surface area contributed by atoms with Gasteiger partial charge in [0.05, 0.1) is 70.9 Å². The van der Waals surface area contributed by atoms with Crippen LogP contribution in [0.15, 0.2) is 113 Å². The Labute approximate surface area is 684 Å². The Bertz CT molecular complexity index is 4960. The number of hydrogen-bond acceptors (Lipinski definition) is 25. The zero-order valence-electron chi connectivity index (χ0n) is 65.0. The summed E-state index contributed by atoms with van der Waals surface area (Å²) in [6.45, 7) is 4.91. The number of carboxylic acid groups (broad SMARTS) is 4. The van der Waals surface area contributed by atoms with Crippen molar-refractivity contribution in [2.24, 2.45) is 45.2 Å². The van der Waals surface area contributed by atoms with Gasteiger partial charge in [-0.25, -0.2) is 41.6 Å². The van der Waals surface area contributed by atoms with Gasteiger partial charge in [0, 0.05) is 90.0 Å². The lowest BCUT2D eigenvalue weighted by molar-refractivity contribution is -0.143. The highest BCUT2D eigenvalue weighted by molar-refractivity contribution is 8.00. The van der Waals surface area contributed by atoms with Crippen molar-refractivity contribution in [1.29, 1.82) is 0 Å². The molecule has 0 spiro atoms. The van der Waals surface area contributed by atoms with Gasteiger partial charge in [0.25, 0.3) is 0 Å². The molecule has 0 aromatic heterocycles. The number of carboxylic acids is 4. The molecule has 1 unspecified atom stereocenters. The van der Waals surface area contributed by atoms with Gasteiger partial charge in [-0.3, -0.25) is 67.3 Å². The Balaban J connectivity index is 1.03. The van der Waals surface area contributed by atoms with Gasteiger partial charge in [0.1, 0.15) is 23.3 Å². The summed E-state index contributed by atoms with van der Waals surface area (Å²) in [7, 11) is -6.57. The first-order valence-corrected chi connectivity index (χ1v) is 41.9. The number of imide groups is 1. The van der Waals surface area contributed by atoms with Gasteiger partial charge in [0.15, 0.2) is 11.6 Å². The molecule has 7 atom stereocenters. The molecule has 39 heteroatoms. The second-order valence-electron chi connectivity index (χ2n) is 28.9. The molecule has 636 valence electrons. The number of fused-ring (bicyclic) bond motifs is 2. The van der Waals surface area contributed by atoms with Gasteiger partial charge in [0.2, 0.25) is 61.4 Å². The molecule has 1 fully saturated rings. The second kappa shape index (κ2) is 44.0. The number of unbranched alkanes of at least 4 members (excludes halogenated alkanes) is 3. The number of likely N-dealkylation sites (N-methyl/N-ethyl adjacent to an activating group) is 1. The summed E-state index contributed by atoms with van der Waals surface area (Å²) in [5.74, 6) is -18.4. The smallest absolute Gasteiger partial charge is 0.336 e. The van der Waals surface area contributed by atoms with Crippen molar-refractivity contribution in [3.63, 3.8) is 0 Å². The van der Waals surface area contributed by atoms with Crippen molar-refractivity contribution in [3.05, 3.63) is 136 Å². The van der Waals surface area contributed by atoms with Crippen LogP contribution in [0.5, 0.6) is 11.5 Å². The zero-order valence-corrected chi connectivity index (χ0v) is 67.5. The van der Waals surface area contributed by atoms with Gasteiger partial charge >= 0.3 is 23.9 Å². The molecule has 0 radical (unpaired) electrons. The maximum Gasteiger partial charge on any atom is 0.336 e. The quantitative estimate of drug-likeness (QED) is 0.0189. The zero-order chi connectivity index (χ0) is 86.9. The number of aliphatic carboxylic acids is 3. The third-order valence-electron chi connectivity index (χ3n) is 19.5. The predicted molar refractivity (Wildman–Crippen MR) is 434 cm³/mol. The molecule has 2 aliphatic rings. The average Bonchev–Trinajstić information content (AvgIpc) is 0.946.